The Labute approximate surface area is 152 Å². The number of aromatic nitrogens is 3. The number of thioether (sulfide) groups is 1. The van der Waals surface area contributed by atoms with Crippen LogP contribution >= 0.6 is 11.8 Å². The molecule has 2 rings (SSSR count). The van der Waals surface area contributed by atoms with Crippen LogP contribution in [0.2, 0.25) is 0 Å². The zero-order chi connectivity index (χ0) is 18.4. The molecule has 1 aromatic heterocycles. The Hall–Kier alpha value is -2.15. The van der Waals surface area contributed by atoms with Crippen LogP contribution in [0.4, 0.5) is 5.69 Å². The molecule has 0 aliphatic rings. The number of carbonyl (C=O) groups excluding carboxylic acids is 2. The number of nitrogens with one attached hydrogen (secondary N) is 1. The molecule has 0 aliphatic carbocycles. The molecule has 0 unspecified atom stereocenters. The van der Waals surface area contributed by atoms with Gasteiger partial charge < -0.3 is 9.88 Å². The van der Waals surface area contributed by atoms with Crippen molar-refractivity contribution in [2.45, 2.75) is 51.7 Å². The largest absolute Gasteiger partial charge is 0.326 e. The van der Waals surface area contributed by atoms with Gasteiger partial charge in [0, 0.05) is 31.5 Å². The molecule has 7 heteroatoms. The maximum atomic E-state index is 12.3. The summed E-state index contributed by atoms with van der Waals surface area (Å²) < 4.78 is 2.06. The molecule has 1 N–H and O–H groups in total. The number of amides is 1. The number of benzene rings is 1. The van der Waals surface area contributed by atoms with Gasteiger partial charge in [0.1, 0.15) is 11.6 Å². The van der Waals surface area contributed by atoms with Crippen LogP contribution in [0.3, 0.4) is 0 Å². The van der Waals surface area contributed by atoms with Crippen molar-refractivity contribution in [1.82, 2.24) is 14.8 Å². The monoisotopic (exact) mass is 360 g/mol. The minimum absolute atomic E-state index is 0.113. The Morgan fingerprint density at radius 1 is 1.28 bits per heavy atom. The van der Waals surface area contributed by atoms with Crippen molar-refractivity contribution in [3.63, 3.8) is 0 Å². The molecule has 2 aromatic rings. The van der Waals surface area contributed by atoms with Gasteiger partial charge in [0.15, 0.2) is 5.16 Å². The zero-order valence-corrected chi connectivity index (χ0v) is 15.9. The average Bonchev–Trinajstić information content (AvgIpc) is 2.95. The quantitative estimate of drug-likeness (QED) is 0.731. The van der Waals surface area contributed by atoms with Crippen LogP contribution in [0.5, 0.6) is 0 Å². The maximum Gasteiger partial charge on any atom is 0.221 e. The molecule has 0 atom stereocenters. The first-order valence-corrected chi connectivity index (χ1v) is 9.33. The van der Waals surface area contributed by atoms with Crippen LogP contribution in [0.25, 0.3) is 0 Å². The number of anilines is 1. The second-order valence-electron chi connectivity index (χ2n) is 6.13. The predicted octanol–water partition coefficient (Wildman–Crippen LogP) is 3.28. The number of hydrogen-bond acceptors (Lipinski definition) is 5. The molecule has 0 bridgehead atoms. The Kier molecular flexibility index (Phi) is 6.75. The number of Topliss-reactive ketones (excluding diaryl/α,β-unsaturated/α-hetero) is 1. The summed E-state index contributed by atoms with van der Waals surface area (Å²) in [7, 11) is 0. The van der Waals surface area contributed by atoms with Crippen molar-refractivity contribution in [1.29, 1.82) is 0 Å². The standard InChI is InChI=1S/C18H24N4O2S/c1-5-22-17(12(2)3)20-21-18(22)25-11-16(24)10-14-7-6-8-15(9-14)19-13(4)23/h6-9,12H,5,10-11H2,1-4H3,(H,19,23). The Morgan fingerprint density at radius 2 is 2.04 bits per heavy atom. The number of hydrogen-bond donors (Lipinski definition) is 1. The summed E-state index contributed by atoms with van der Waals surface area (Å²) in [6.07, 6.45) is 0.331. The van der Waals surface area contributed by atoms with Gasteiger partial charge in [-0.1, -0.05) is 37.7 Å². The molecular weight excluding hydrogens is 336 g/mol. The normalized spacial score (nSPS) is 10.9. The molecule has 0 saturated carbocycles. The lowest BCUT2D eigenvalue weighted by Crippen LogP contribution is -2.09. The van der Waals surface area contributed by atoms with E-state index < -0.39 is 0 Å². The Morgan fingerprint density at radius 3 is 2.68 bits per heavy atom. The van der Waals surface area contributed by atoms with Crippen molar-refractivity contribution < 1.29 is 9.59 Å². The maximum absolute atomic E-state index is 12.3. The van der Waals surface area contributed by atoms with Crippen molar-refractivity contribution in [2.75, 3.05) is 11.1 Å². The molecule has 0 fully saturated rings. The fraction of sp³-hybridized carbons (Fsp3) is 0.444. The van der Waals surface area contributed by atoms with E-state index in [1.54, 1.807) is 6.07 Å². The Bertz CT molecular complexity index is 755. The first-order valence-electron chi connectivity index (χ1n) is 8.34. The van der Waals surface area contributed by atoms with Gasteiger partial charge in [-0.05, 0) is 24.6 Å². The van der Waals surface area contributed by atoms with Gasteiger partial charge in [0.05, 0.1) is 5.75 Å². The third-order valence-corrected chi connectivity index (χ3v) is 4.62. The van der Waals surface area contributed by atoms with Crippen molar-refractivity contribution in [3.05, 3.63) is 35.7 Å². The van der Waals surface area contributed by atoms with E-state index in [1.165, 1.54) is 18.7 Å². The van der Waals surface area contributed by atoms with Gasteiger partial charge in [-0.2, -0.15) is 0 Å². The summed E-state index contributed by atoms with van der Waals surface area (Å²) in [5, 5.41) is 11.9. The molecule has 1 aromatic carbocycles. The lowest BCUT2D eigenvalue weighted by molar-refractivity contribution is -0.116. The number of carbonyl (C=O) groups is 2. The second-order valence-corrected chi connectivity index (χ2v) is 7.07. The van der Waals surface area contributed by atoms with Gasteiger partial charge in [-0.3, -0.25) is 9.59 Å². The van der Waals surface area contributed by atoms with Gasteiger partial charge in [-0.25, -0.2) is 0 Å². The van der Waals surface area contributed by atoms with Crippen LogP contribution in [-0.4, -0.2) is 32.2 Å². The lowest BCUT2D eigenvalue weighted by atomic mass is 10.1. The summed E-state index contributed by atoms with van der Waals surface area (Å²) >= 11 is 1.42. The van der Waals surface area contributed by atoms with Crippen molar-refractivity contribution >= 4 is 29.1 Å². The third kappa shape index (κ3) is 5.42. The fourth-order valence-corrected chi connectivity index (χ4v) is 3.39. The first-order chi connectivity index (χ1) is 11.9. The van der Waals surface area contributed by atoms with E-state index in [9.17, 15) is 9.59 Å². The number of ketones is 1. The number of rotatable bonds is 8. The van der Waals surface area contributed by atoms with Gasteiger partial charge in [-0.15, -0.1) is 10.2 Å². The molecule has 0 spiro atoms. The van der Waals surface area contributed by atoms with Gasteiger partial charge >= 0.3 is 0 Å². The van der Waals surface area contributed by atoms with Crippen LogP contribution in [-0.2, 0) is 22.6 Å². The SMILES string of the molecule is CCn1c(SCC(=O)Cc2cccc(NC(C)=O)c2)nnc1C(C)C. The first kappa shape index (κ1) is 19.2. The highest BCUT2D eigenvalue weighted by molar-refractivity contribution is 7.99. The van der Waals surface area contributed by atoms with E-state index in [0.717, 1.165) is 23.1 Å². The molecule has 134 valence electrons. The molecule has 0 aliphatic heterocycles. The third-order valence-electron chi connectivity index (χ3n) is 3.59. The minimum Gasteiger partial charge on any atom is -0.326 e. The van der Waals surface area contributed by atoms with E-state index >= 15 is 0 Å². The summed E-state index contributed by atoms with van der Waals surface area (Å²) in [6, 6.07) is 7.36. The zero-order valence-electron chi connectivity index (χ0n) is 15.1. The minimum atomic E-state index is -0.126. The van der Waals surface area contributed by atoms with Gasteiger partial charge in [0.25, 0.3) is 0 Å². The summed E-state index contributed by atoms with van der Waals surface area (Å²) in [5.41, 5.74) is 1.59. The molecule has 1 heterocycles. The van der Waals surface area contributed by atoms with Crippen LogP contribution in [0.15, 0.2) is 29.4 Å². The van der Waals surface area contributed by atoms with Crippen molar-refractivity contribution in [3.8, 4) is 0 Å². The Balaban J connectivity index is 1.96. The fourth-order valence-electron chi connectivity index (χ4n) is 2.52. The van der Waals surface area contributed by atoms with E-state index in [0.29, 0.717) is 23.8 Å². The van der Waals surface area contributed by atoms with Crippen LogP contribution in [0.1, 0.15) is 45.0 Å². The highest BCUT2D eigenvalue weighted by atomic mass is 32.2. The van der Waals surface area contributed by atoms with E-state index in [2.05, 4.69) is 40.9 Å². The molecule has 25 heavy (non-hydrogen) atoms. The smallest absolute Gasteiger partial charge is 0.221 e. The predicted molar refractivity (Wildman–Crippen MR) is 100.0 cm³/mol. The molecule has 6 nitrogen and oxygen atoms in total. The van der Waals surface area contributed by atoms with E-state index in [4.69, 9.17) is 0 Å². The van der Waals surface area contributed by atoms with E-state index in [1.807, 2.05) is 18.2 Å². The lowest BCUT2D eigenvalue weighted by Gasteiger charge is -2.09. The van der Waals surface area contributed by atoms with Crippen LogP contribution in [0, 0.1) is 0 Å². The van der Waals surface area contributed by atoms with Gasteiger partial charge in [0.2, 0.25) is 5.91 Å². The van der Waals surface area contributed by atoms with E-state index in [-0.39, 0.29) is 11.7 Å². The molecule has 0 radical (unpaired) electrons. The van der Waals surface area contributed by atoms with Crippen LogP contribution < -0.4 is 5.32 Å². The highest BCUT2D eigenvalue weighted by Gasteiger charge is 2.15. The summed E-state index contributed by atoms with van der Waals surface area (Å²) in [6.45, 7) is 8.46. The summed E-state index contributed by atoms with van der Waals surface area (Å²) in [4.78, 5) is 23.4. The summed E-state index contributed by atoms with van der Waals surface area (Å²) in [5.74, 6) is 1.58. The molecule has 1 amide bonds. The average molecular weight is 360 g/mol. The topological polar surface area (TPSA) is 76.9 Å². The second kappa shape index (κ2) is 8.80. The molecular formula is C18H24N4O2S. The molecule has 0 saturated heterocycles. The number of nitrogens with zero attached hydrogens (tertiary/aromatic N) is 3. The highest BCUT2D eigenvalue weighted by Crippen LogP contribution is 2.22. The van der Waals surface area contributed by atoms with Crippen molar-refractivity contribution in [2.24, 2.45) is 0 Å².